The highest BCUT2D eigenvalue weighted by Crippen LogP contribution is 2.42. The fraction of sp³-hybridized carbons (Fsp3) is 0.533. The number of fused-ring (bicyclic) bond motifs is 1. The van der Waals surface area contributed by atoms with Gasteiger partial charge < -0.3 is 15.8 Å². The van der Waals surface area contributed by atoms with Gasteiger partial charge in [0.1, 0.15) is 6.61 Å². The maximum Gasteiger partial charge on any atom is 0.404 e. The third-order valence-corrected chi connectivity index (χ3v) is 10.2. The number of carbonyl (C=O) groups excluding carboxylic acids is 2. The molecule has 2 aliphatic rings. The van der Waals surface area contributed by atoms with Crippen LogP contribution in [0.3, 0.4) is 0 Å². The Labute approximate surface area is 244 Å². The van der Waals surface area contributed by atoms with Gasteiger partial charge in [-0.15, -0.1) is 0 Å². The summed E-state index contributed by atoms with van der Waals surface area (Å²) in [5.41, 5.74) is 8.20. The molecule has 1 aliphatic carbocycles. The Morgan fingerprint density at radius 3 is 2.31 bits per heavy atom. The molecule has 12 heteroatoms. The molecule has 2 amide bonds. The number of nitrogens with zero attached hydrogens (tertiary/aromatic N) is 1. The number of rotatable bonds is 10. The van der Waals surface area contributed by atoms with Gasteiger partial charge in [-0.25, -0.2) is 13.2 Å². The fourth-order valence-corrected chi connectivity index (χ4v) is 7.00. The molecule has 2 aromatic rings. The van der Waals surface area contributed by atoms with Crippen LogP contribution in [0.1, 0.15) is 85.1 Å². The lowest BCUT2D eigenvalue weighted by Crippen LogP contribution is -2.33. The fourth-order valence-electron chi connectivity index (χ4n) is 6.11. The van der Waals surface area contributed by atoms with Gasteiger partial charge in [0.15, 0.2) is 9.84 Å². The zero-order valence-electron chi connectivity index (χ0n) is 23.8. The van der Waals surface area contributed by atoms with Crippen molar-refractivity contribution in [2.45, 2.75) is 75.7 Å². The number of amides is 2. The van der Waals surface area contributed by atoms with Crippen molar-refractivity contribution in [1.82, 2.24) is 10.2 Å². The monoisotopic (exact) mass is 609 g/mol. The largest absolute Gasteiger partial charge is 0.447 e. The second-order valence-corrected chi connectivity index (χ2v) is 13.4. The van der Waals surface area contributed by atoms with Gasteiger partial charge in [0, 0.05) is 24.7 Å². The number of primary amides is 1. The van der Waals surface area contributed by atoms with E-state index in [0.29, 0.717) is 30.5 Å². The normalized spacial score (nSPS) is 21.9. The van der Waals surface area contributed by atoms with Crippen LogP contribution in [0.2, 0.25) is 0 Å². The SMILES string of the molecule is CC[C@H]1c2ccc(C(=O)N[C@@H](COC(N)=O)c3ccc(S(=O)(=O)CC)cc3)cc2CN1CC1CCC(C(F)(F)F)CC1. The second kappa shape index (κ2) is 13.0. The molecule has 0 saturated heterocycles. The van der Waals surface area contributed by atoms with E-state index in [4.69, 9.17) is 10.5 Å². The molecule has 0 radical (unpaired) electrons. The molecule has 42 heavy (non-hydrogen) atoms. The van der Waals surface area contributed by atoms with Gasteiger partial charge in [0.2, 0.25) is 0 Å². The van der Waals surface area contributed by atoms with Gasteiger partial charge in [0.05, 0.1) is 22.6 Å². The topological polar surface area (TPSA) is 119 Å². The van der Waals surface area contributed by atoms with Crippen LogP contribution in [0.15, 0.2) is 47.4 Å². The molecule has 8 nitrogen and oxygen atoms in total. The number of alkyl halides is 3. The minimum absolute atomic E-state index is 0.0505. The predicted molar refractivity (Wildman–Crippen MR) is 151 cm³/mol. The lowest BCUT2D eigenvalue weighted by Gasteiger charge is -2.34. The molecular weight excluding hydrogens is 571 g/mol. The van der Waals surface area contributed by atoms with E-state index in [9.17, 15) is 31.2 Å². The molecule has 3 N–H and O–H groups in total. The van der Waals surface area contributed by atoms with Crippen molar-refractivity contribution in [3.63, 3.8) is 0 Å². The average Bonchev–Trinajstić information content (AvgIpc) is 3.30. The minimum Gasteiger partial charge on any atom is -0.447 e. The van der Waals surface area contributed by atoms with Crippen molar-refractivity contribution < 1.29 is 35.9 Å². The van der Waals surface area contributed by atoms with Crippen LogP contribution in [-0.2, 0) is 21.1 Å². The number of ether oxygens (including phenoxy) is 1. The number of sulfone groups is 1. The van der Waals surface area contributed by atoms with E-state index < -0.39 is 40.0 Å². The summed E-state index contributed by atoms with van der Waals surface area (Å²) in [6.45, 7) is 4.71. The Hall–Kier alpha value is -3.12. The molecule has 1 heterocycles. The Bertz CT molecular complexity index is 1370. The van der Waals surface area contributed by atoms with E-state index in [2.05, 4.69) is 17.1 Å². The molecule has 0 bridgehead atoms. The molecule has 1 fully saturated rings. The predicted octanol–water partition coefficient (Wildman–Crippen LogP) is 5.68. The number of hydrogen-bond acceptors (Lipinski definition) is 6. The maximum absolute atomic E-state index is 13.3. The Morgan fingerprint density at radius 2 is 1.74 bits per heavy atom. The zero-order chi connectivity index (χ0) is 30.7. The van der Waals surface area contributed by atoms with Crippen LogP contribution in [0.4, 0.5) is 18.0 Å². The first-order chi connectivity index (χ1) is 19.8. The summed E-state index contributed by atoms with van der Waals surface area (Å²) in [6.07, 6.45) is -2.83. The number of halogens is 3. The molecule has 0 unspecified atom stereocenters. The lowest BCUT2D eigenvalue weighted by atomic mass is 9.81. The molecule has 230 valence electrons. The molecule has 2 atom stereocenters. The summed E-state index contributed by atoms with van der Waals surface area (Å²) in [7, 11) is -3.41. The van der Waals surface area contributed by atoms with Gasteiger partial charge in [0.25, 0.3) is 5.91 Å². The van der Waals surface area contributed by atoms with Crippen LogP contribution in [0, 0.1) is 11.8 Å². The van der Waals surface area contributed by atoms with Crippen molar-refractivity contribution in [2.75, 3.05) is 18.9 Å². The third-order valence-electron chi connectivity index (χ3n) is 8.49. The number of carbonyl (C=O) groups is 2. The lowest BCUT2D eigenvalue weighted by molar-refractivity contribution is -0.184. The van der Waals surface area contributed by atoms with Crippen molar-refractivity contribution in [2.24, 2.45) is 17.6 Å². The smallest absolute Gasteiger partial charge is 0.404 e. The zero-order valence-corrected chi connectivity index (χ0v) is 24.6. The van der Waals surface area contributed by atoms with Crippen LogP contribution >= 0.6 is 0 Å². The quantitative estimate of drug-likeness (QED) is 0.358. The number of hydrogen-bond donors (Lipinski definition) is 2. The summed E-state index contributed by atoms with van der Waals surface area (Å²) in [6, 6.07) is 10.9. The average molecular weight is 610 g/mol. The van der Waals surface area contributed by atoms with Crippen LogP contribution < -0.4 is 11.1 Å². The van der Waals surface area contributed by atoms with Gasteiger partial charge >= 0.3 is 12.3 Å². The van der Waals surface area contributed by atoms with Crippen molar-refractivity contribution in [1.29, 1.82) is 0 Å². The molecule has 2 aromatic carbocycles. The Balaban J connectivity index is 1.45. The first-order valence-electron chi connectivity index (χ1n) is 14.3. The van der Waals surface area contributed by atoms with Crippen molar-refractivity contribution in [3.8, 4) is 0 Å². The van der Waals surface area contributed by atoms with Crippen LogP contribution in [-0.4, -0.2) is 50.4 Å². The standard InChI is InChI=1S/C30H38F3N3O5S/c1-3-27-25-14-9-21(15-22(25)17-36(27)16-19-5-10-23(11-6-19)30(31,32)33)28(37)35-26(18-41-29(34)38)20-7-12-24(13-8-20)42(39,40)4-2/h7-9,12-15,19,23,26-27H,3-6,10-11,16-18H2,1-2H3,(H2,34,38)(H,35,37)/t19?,23?,26-,27-/m0/s1. The number of nitrogens with one attached hydrogen (secondary N) is 1. The summed E-state index contributed by atoms with van der Waals surface area (Å²) >= 11 is 0. The highest BCUT2D eigenvalue weighted by molar-refractivity contribution is 7.91. The molecular formula is C30H38F3N3O5S. The van der Waals surface area contributed by atoms with E-state index in [1.54, 1.807) is 25.1 Å². The number of benzene rings is 2. The van der Waals surface area contributed by atoms with Gasteiger partial charge in [-0.2, -0.15) is 13.2 Å². The Morgan fingerprint density at radius 1 is 1.07 bits per heavy atom. The van der Waals surface area contributed by atoms with E-state index >= 15 is 0 Å². The molecule has 1 saturated carbocycles. The summed E-state index contributed by atoms with van der Waals surface area (Å²) in [5, 5.41) is 2.86. The first kappa shape index (κ1) is 31.8. The number of nitrogens with two attached hydrogens (primary N) is 1. The molecule has 0 spiro atoms. The highest BCUT2D eigenvalue weighted by Gasteiger charge is 2.42. The first-order valence-corrected chi connectivity index (χ1v) is 16.0. The van der Waals surface area contributed by atoms with Crippen molar-refractivity contribution >= 4 is 21.8 Å². The second-order valence-electron chi connectivity index (χ2n) is 11.2. The summed E-state index contributed by atoms with van der Waals surface area (Å²) in [5.74, 6) is -1.45. The van der Waals surface area contributed by atoms with Crippen LogP contribution in [0.5, 0.6) is 0 Å². The maximum atomic E-state index is 13.3. The van der Waals surface area contributed by atoms with E-state index in [1.807, 2.05) is 12.1 Å². The molecule has 4 rings (SSSR count). The van der Waals surface area contributed by atoms with Crippen LogP contribution in [0.25, 0.3) is 0 Å². The highest BCUT2D eigenvalue weighted by atomic mass is 32.2. The molecule has 0 aromatic heterocycles. The van der Waals surface area contributed by atoms with Gasteiger partial charge in [-0.3, -0.25) is 9.69 Å². The van der Waals surface area contributed by atoms with E-state index in [1.165, 1.54) is 12.1 Å². The third kappa shape index (κ3) is 7.44. The van der Waals surface area contributed by atoms with Gasteiger partial charge in [-0.1, -0.05) is 32.0 Å². The minimum atomic E-state index is -4.12. The molecule has 1 aliphatic heterocycles. The van der Waals surface area contributed by atoms with E-state index in [-0.39, 0.29) is 42.1 Å². The van der Waals surface area contributed by atoms with E-state index in [0.717, 1.165) is 24.1 Å². The van der Waals surface area contributed by atoms with Gasteiger partial charge in [-0.05, 0) is 79.0 Å². The summed E-state index contributed by atoms with van der Waals surface area (Å²) in [4.78, 5) is 27.1. The summed E-state index contributed by atoms with van der Waals surface area (Å²) < 4.78 is 68.6. The van der Waals surface area contributed by atoms with Crippen molar-refractivity contribution in [3.05, 3.63) is 64.7 Å². The Kier molecular flexibility index (Phi) is 9.87.